The highest BCUT2D eigenvalue weighted by Crippen LogP contribution is 2.02. The molecule has 0 radical (unpaired) electrons. The van der Waals surface area contributed by atoms with E-state index in [4.69, 9.17) is 0 Å². The Morgan fingerprint density at radius 3 is 2.67 bits per heavy atom. The first-order chi connectivity index (χ1) is 10.2. The second kappa shape index (κ2) is 5.53. The maximum atomic E-state index is 11.5. The van der Waals surface area contributed by atoms with Crippen molar-refractivity contribution < 1.29 is 0 Å². The van der Waals surface area contributed by atoms with Gasteiger partial charge in [-0.25, -0.2) is 14.2 Å². The van der Waals surface area contributed by atoms with E-state index in [1.165, 1.54) is 0 Å². The Kier molecular flexibility index (Phi) is 3.42. The molecule has 3 rings (SSSR count). The molecule has 106 valence electrons. The van der Waals surface area contributed by atoms with E-state index in [9.17, 15) is 9.59 Å². The van der Waals surface area contributed by atoms with Crippen LogP contribution in [0.5, 0.6) is 0 Å². The van der Waals surface area contributed by atoms with Gasteiger partial charge in [0.2, 0.25) is 0 Å². The van der Waals surface area contributed by atoms with E-state index in [1.54, 1.807) is 10.9 Å². The number of hydrogen-bond acceptors (Lipinski definition) is 5. The number of nitrogens with one attached hydrogen (secondary N) is 1. The van der Waals surface area contributed by atoms with Crippen LogP contribution in [0.4, 0.5) is 0 Å². The van der Waals surface area contributed by atoms with Crippen LogP contribution < -0.4 is 11.2 Å². The zero-order valence-electron chi connectivity index (χ0n) is 11.0. The van der Waals surface area contributed by atoms with Crippen molar-refractivity contribution >= 4 is 0 Å². The summed E-state index contributed by atoms with van der Waals surface area (Å²) in [7, 11) is 0. The lowest BCUT2D eigenvalue weighted by Gasteiger charge is -2.00. The SMILES string of the molecule is O=c1cnn(Cc2cn(Cc3ccccc3)nn2)c(=O)[nH]1. The summed E-state index contributed by atoms with van der Waals surface area (Å²) in [5.41, 5.74) is 0.602. The zero-order valence-corrected chi connectivity index (χ0v) is 11.0. The van der Waals surface area contributed by atoms with E-state index in [1.807, 2.05) is 30.3 Å². The fourth-order valence-electron chi connectivity index (χ4n) is 1.90. The van der Waals surface area contributed by atoms with Crippen LogP contribution in [0, 0.1) is 0 Å². The van der Waals surface area contributed by atoms with E-state index < -0.39 is 11.2 Å². The largest absolute Gasteiger partial charge is 0.345 e. The molecular weight excluding hydrogens is 272 g/mol. The van der Waals surface area contributed by atoms with Crippen molar-refractivity contribution in [3.63, 3.8) is 0 Å². The molecule has 1 aromatic carbocycles. The number of aromatic nitrogens is 6. The molecule has 0 fully saturated rings. The molecule has 8 heteroatoms. The van der Waals surface area contributed by atoms with Gasteiger partial charge in [0.1, 0.15) is 11.9 Å². The van der Waals surface area contributed by atoms with Gasteiger partial charge in [0.15, 0.2) is 0 Å². The van der Waals surface area contributed by atoms with Gasteiger partial charge in [0, 0.05) is 0 Å². The van der Waals surface area contributed by atoms with Crippen molar-refractivity contribution in [2.75, 3.05) is 0 Å². The Bertz CT molecular complexity index is 849. The van der Waals surface area contributed by atoms with Crippen molar-refractivity contribution in [2.24, 2.45) is 0 Å². The number of benzene rings is 1. The van der Waals surface area contributed by atoms with E-state index in [0.717, 1.165) is 16.4 Å². The first kappa shape index (κ1) is 13.0. The van der Waals surface area contributed by atoms with Crippen LogP contribution >= 0.6 is 0 Å². The highest BCUT2D eigenvalue weighted by molar-refractivity contribution is 5.14. The fourth-order valence-corrected chi connectivity index (χ4v) is 1.90. The first-order valence-corrected chi connectivity index (χ1v) is 6.30. The van der Waals surface area contributed by atoms with Crippen LogP contribution in [0.15, 0.2) is 52.3 Å². The molecule has 21 heavy (non-hydrogen) atoms. The summed E-state index contributed by atoms with van der Waals surface area (Å²) < 4.78 is 2.81. The molecule has 0 atom stereocenters. The average molecular weight is 284 g/mol. The zero-order chi connectivity index (χ0) is 14.7. The molecule has 2 aromatic heterocycles. The second-order valence-electron chi connectivity index (χ2n) is 4.49. The average Bonchev–Trinajstić information content (AvgIpc) is 2.90. The minimum Gasteiger partial charge on any atom is -0.271 e. The predicted molar refractivity (Wildman–Crippen MR) is 73.8 cm³/mol. The highest BCUT2D eigenvalue weighted by Gasteiger charge is 2.05. The minimum absolute atomic E-state index is 0.157. The van der Waals surface area contributed by atoms with Gasteiger partial charge < -0.3 is 0 Å². The lowest BCUT2D eigenvalue weighted by atomic mass is 10.2. The summed E-state index contributed by atoms with van der Waals surface area (Å²) in [5.74, 6) is 0. The van der Waals surface area contributed by atoms with Gasteiger partial charge in [-0.1, -0.05) is 35.5 Å². The van der Waals surface area contributed by atoms with Crippen LogP contribution in [0.3, 0.4) is 0 Å². The van der Waals surface area contributed by atoms with Gasteiger partial charge in [0.05, 0.1) is 19.3 Å². The normalized spacial score (nSPS) is 10.7. The molecule has 0 amide bonds. The smallest absolute Gasteiger partial charge is 0.271 e. The van der Waals surface area contributed by atoms with E-state index in [-0.39, 0.29) is 6.54 Å². The van der Waals surface area contributed by atoms with Crippen LogP contribution in [-0.4, -0.2) is 29.8 Å². The highest BCUT2D eigenvalue weighted by atomic mass is 16.2. The van der Waals surface area contributed by atoms with Gasteiger partial charge in [-0.2, -0.15) is 5.10 Å². The summed E-state index contributed by atoms with van der Waals surface area (Å²) in [4.78, 5) is 24.6. The lowest BCUT2D eigenvalue weighted by molar-refractivity contribution is 0.596. The third-order valence-electron chi connectivity index (χ3n) is 2.86. The molecule has 0 saturated carbocycles. The van der Waals surface area contributed by atoms with Crippen molar-refractivity contribution in [3.8, 4) is 0 Å². The number of H-pyrrole nitrogens is 1. The summed E-state index contributed by atoms with van der Waals surface area (Å²) in [6, 6.07) is 9.85. The van der Waals surface area contributed by atoms with E-state index in [2.05, 4.69) is 20.4 Å². The van der Waals surface area contributed by atoms with E-state index in [0.29, 0.717) is 12.2 Å². The Balaban J connectivity index is 1.76. The molecule has 0 aliphatic rings. The molecule has 0 saturated heterocycles. The predicted octanol–water partition coefficient (Wildman–Crippen LogP) is -0.380. The van der Waals surface area contributed by atoms with Crippen LogP contribution in [0.1, 0.15) is 11.3 Å². The van der Waals surface area contributed by atoms with Crippen LogP contribution in [-0.2, 0) is 13.1 Å². The van der Waals surface area contributed by atoms with Crippen molar-refractivity contribution in [3.05, 3.63) is 74.8 Å². The van der Waals surface area contributed by atoms with Crippen molar-refractivity contribution in [1.29, 1.82) is 0 Å². The lowest BCUT2D eigenvalue weighted by Crippen LogP contribution is -2.31. The molecule has 2 heterocycles. The standard InChI is InChI=1S/C13H12N6O2/c20-12-6-14-19(13(21)15-12)9-11-8-18(17-16-11)7-10-4-2-1-3-5-10/h1-6,8H,7,9H2,(H,15,20,21). The topological polar surface area (TPSA) is 98.5 Å². The second-order valence-corrected chi connectivity index (χ2v) is 4.49. The maximum Gasteiger partial charge on any atom is 0.345 e. The van der Waals surface area contributed by atoms with E-state index >= 15 is 0 Å². The first-order valence-electron chi connectivity index (χ1n) is 6.30. The third-order valence-corrected chi connectivity index (χ3v) is 2.86. The monoisotopic (exact) mass is 284 g/mol. The molecule has 0 bridgehead atoms. The summed E-state index contributed by atoms with van der Waals surface area (Å²) in [5, 5.41) is 11.7. The number of aromatic amines is 1. The van der Waals surface area contributed by atoms with Gasteiger partial charge in [-0.15, -0.1) is 5.10 Å². The number of nitrogens with zero attached hydrogens (tertiary/aromatic N) is 5. The summed E-state index contributed by atoms with van der Waals surface area (Å²) in [6.45, 7) is 0.756. The van der Waals surface area contributed by atoms with Crippen molar-refractivity contribution in [2.45, 2.75) is 13.1 Å². The quantitative estimate of drug-likeness (QED) is 0.704. The van der Waals surface area contributed by atoms with Crippen LogP contribution in [0.2, 0.25) is 0 Å². The number of rotatable bonds is 4. The molecule has 1 N–H and O–H groups in total. The molecule has 0 aliphatic carbocycles. The third kappa shape index (κ3) is 3.11. The van der Waals surface area contributed by atoms with Gasteiger partial charge >= 0.3 is 5.69 Å². The number of hydrogen-bond donors (Lipinski definition) is 1. The van der Waals surface area contributed by atoms with Gasteiger partial charge in [-0.3, -0.25) is 9.78 Å². The van der Waals surface area contributed by atoms with Gasteiger partial charge in [-0.05, 0) is 5.56 Å². The molecule has 0 spiro atoms. The fraction of sp³-hybridized carbons (Fsp3) is 0.154. The van der Waals surface area contributed by atoms with Gasteiger partial charge in [0.25, 0.3) is 5.56 Å². The molecule has 0 unspecified atom stereocenters. The Hall–Kier alpha value is -3.03. The molecule has 0 aliphatic heterocycles. The van der Waals surface area contributed by atoms with Crippen LogP contribution in [0.25, 0.3) is 0 Å². The minimum atomic E-state index is -0.569. The Labute approximate surface area is 118 Å². The molecule has 8 nitrogen and oxygen atoms in total. The Morgan fingerprint density at radius 1 is 1.10 bits per heavy atom. The summed E-state index contributed by atoms with van der Waals surface area (Å²) >= 11 is 0. The maximum absolute atomic E-state index is 11.5. The summed E-state index contributed by atoms with van der Waals surface area (Å²) in [6.07, 6.45) is 2.79. The molecular formula is C13H12N6O2. The Morgan fingerprint density at radius 2 is 1.90 bits per heavy atom. The van der Waals surface area contributed by atoms with Crippen molar-refractivity contribution in [1.82, 2.24) is 29.8 Å². The molecule has 3 aromatic rings.